The summed E-state index contributed by atoms with van der Waals surface area (Å²) in [6, 6.07) is 7.91. The Bertz CT molecular complexity index is 791. The lowest BCUT2D eigenvalue weighted by Crippen LogP contribution is -2.17. The van der Waals surface area contributed by atoms with Crippen molar-refractivity contribution in [2.45, 2.75) is 0 Å². The van der Waals surface area contributed by atoms with Gasteiger partial charge in [0.2, 0.25) is 0 Å². The number of hydrazone groups is 1. The molecule has 0 spiro atoms. The van der Waals surface area contributed by atoms with E-state index in [1.807, 2.05) is 0 Å². The maximum absolute atomic E-state index is 11.8. The average Bonchev–Trinajstić information content (AvgIpc) is 2.54. The van der Waals surface area contributed by atoms with Crippen LogP contribution in [0.5, 0.6) is 5.75 Å². The standard InChI is InChI=1S/C14H9Cl2N3O4/c15-11-5-6-12(16)13(20)10(11)7-17-18-14(21)8-1-3-9(4-2-8)19(22)23/h1-7,20H,(H,18,21). The molecule has 118 valence electrons. The van der Waals surface area contributed by atoms with Gasteiger partial charge in [-0.3, -0.25) is 14.9 Å². The van der Waals surface area contributed by atoms with Crippen molar-refractivity contribution in [1.29, 1.82) is 0 Å². The Kier molecular flexibility index (Phi) is 5.15. The lowest BCUT2D eigenvalue weighted by atomic mass is 10.2. The minimum Gasteiger partial charge on any atom is -0.506 e. The highest BCUT2D eigenvalue weighted by Gasteiger charge is 2.10. The molecule has 1 amide bonds. The van der Waals surface area contributed by atoms with Crippen LogP contribution in [-0.4, -0.2) is 22.2 Å². The summed E-state index contributed by atoms with van der Waals surface area (Å²) in [7, 11) is 0. The second-order valence-electron chi connectivity index (χ2n) is 4.29. The molecule has 0 aliphatic carbocycles. The van der Waals surface area contributed by atoms with Crippen LogP contribution in [0.4, 0.5) is 5.69 Å². The number of non-ortho nitro benzene ring substituents is 1. The Morgan fingerprint density at radius 2 is 1.78 bits per heavy atom. The Morgan fingerprint density at radius 1 is 1.17 bits per heavy atom. The van der Waals surface area contributed by atoms with Gasteiger partial charge in [-0.1, -0.05) is 23.2 Å². The molecule has 7 nitrogen and oxygen atoms in total. The van der Waals surface area contributed by atoms with E-state index in [0.29, 0.717) is 0 Å². The number of nitro benzene ring substituents is 1. The first-order valence-electron chi connectivity index (χ1n) is 6.15. The first-order valence-corrected chi connectivity index (χ1v) is 6.90. The maximum atomic E-state index is 11.8. The Hall–Kier alpha value is -2.64. The number of nitrogens with zero attached hydrogens (tertiary/aromatic N) is 2. The highest BCUT2D eigenvalue weighted by atomic mass is 35.5. The van der Waals surface area contributed by atoms with E-state index in [1.54, 1.807) is 0 Å². The molecule has 9 heteroatoms. The quantitative estimate of drug-likeness (QED) is 0.499. The number of carbonyl (C=O) groups is 1. The van der Waals surface area contributed by atoms with Crippen LogP contribution in [0.15, 0.2) is 41.5 Å². The summed E-state index contributed by atoms with van der Waals surface area (Å²) in [4.78, 5) is 21.8. The smallest absolute Gasteiger partial charge is 0.271 e. The van der Waals surface area contributed by atoms with Crippen LogP contribution < -0.4 is 5.43 Å². The number of nitro groups is 1. The number of phenols is 1. The molecule has 0 aliphatic heterocycles. The molecule has 2 aromatic carbocycles. The van der Waals surface area contributed by atoms with E-state index in [0.717, 1.165) is 6.21 Å². The van der Waals surface area contributed by atoms with Crippen molar-refractivity contribution < 1.29 is 14.8 Å². The molecular weight excluding hydrogens is 345 g/mol. The van der Waals surface area contributed by atoms with Crippen molar-refractivity contribution in [2.24, 2.45) is 5.10 Å². The van der Waals surface area contributed by atoms with Crippen LogP contribution >= 0.6 is 23.2 Å². The fourth-order valence-corrected chi connectivity index (χ4v) is 2.00. The number of phenolic OH excluding ortho intramolecular Hbond substituents is 1. The zero-order valence-electron chi connectivity index (χ0n) is 11.4. The van der Waals surface area contributed by atoms with Crippen LogP contribution in [-0.2, 0) is 0 Å². The summed E-state index contributed by atoms with van der Waals surface area (Å²) in [6.07, 6.45) is 1.15. The van der Waals surface area contributed by atoms with E-state index < -0.39 is 10.8 Å². The summed E-state index contributed by atoms with van der Waals surface area (Å²) >= 11 is 11.6. The van der Waals surface area contributed by atoms with Crippen molar-refractivity contribution in [1.82, 2.24) is 5.43 Å². The first-order chi connectivity index (χ1) is 10.9. The molecule has 0 bridgehead atoms. The number of aromatic hydroxyl groups is 1. The number of hydrogen-bond donors (Lipinski definition) is 2. The maximum Gasteiger partial charge on any atom is 0.271 e. The molecule has 0 fully saturated rings. The SMILES string of the molecule is O=C(NN=Cc1c(Cl)ccc(Cl)c1O)c1ccc([N+](=O)[O-])cc1. The van der Waals surface area contributed by atoms with E-state index in [-0.39, 0.29) is 32.6 Å². The van der Waals surface area contributed by atoms with Crippen LogP contribution in [0.3, 0.4) is 0 Å². The fraction of sp³-hybridized carbons (Fsp3) is 0. The van der Waals surface area contributed by atoms with E-state index >= 15 is 0 Å². The molecular formula is C14H9Cl2N3O4. The molecule has 0 saturated heterocycles. The molecule has 2 N–H and O–H groups in total. The number of rotatable bonds is 4. The molecule has 0 aromatic heterocycles. The van der Waals surface area contributed by atoms with Gasteiger partial charge in [-0.15, -0.1) is 0 Å². The van der Waals surface area contributed by atoms with Gasteiger partial charge in [0.25, 0.3) is 11.6 Å². The molecule has 0 radical (unpaired) electrons. The minimum absolute atomic E-state index is 0.0949. The van der Waals surface area contributed by atoms with E-state index in [1.165, 1.54) is 36.4 Å². The summed E-state index contributed by atoms with van der Waals surface area (Å²) in [5, 5.41) is 24.3. The normalized spacial score (nSPS) is 10.7. The molecule has 0 heterocycles. The van der Waals surface area contributed by atoms with Crippen molar-refractivity contribution in [3.8, 4) is 5.75 Å². The van der Waals surface area contributed by atoms with Crippen molar-refractivity contribution in [3.63, 3.8) is 0 Å². The Labute approximate surface area is 140 Å². The summed E-state index contributed by atoms with van der Waals surface area (Å²) < 4.78 is 0. The van der Waals surface area contributed by atoms with Gasteiger partial charge < -0.3 is 5.11 Å². The van der Waals surface area contributed by atoms with Crippen molar-refractivity contribution in [3.05, 3.63) is 67.7 Å². The second kappa shape index (κ2) is 7.08. The van der Waals surface area contributed by atoms with Crippen LogP contribution in [0.1, 0.15) is 15.9 Å². The van der Waals surface area contributed by atoms with E-state index in [2.05, 4.69) is 10.5 Å². The van der Waals surface area contributed by atoms with Gasteiger partial charge in [0.05, 0.1) is 26.7 Å². The largest absolute Gasteiger partial charge is 0.506 e. The average molecular weight is 354 g/mol. The van der Waals surface area contributed by atoms with Crippen molar-refractivity contribution >= 4 is 41.0 Å². The molecule has 2 rings (SSSR count). The molecule has 0 saturated carbocycles. The number of carbonyl (C=O) groups excluding carboxylic acids is 1. The van der Waals surface area contributed by atoms with E-state index in [4.69, 9.17) is 23.2 Å². The summed E-state index contributed by atoms with van der Waals surface area (Å²) in [5.41, 5.74) is 2.44. The molecule has 23 heavy (non-hydrogen) atoms. The van der Waals surface area contributed by atoms with Gasteiger partial charge in [-0.05, 0) is 24.3 Å². The number of amides is 1. The van der Waals surface area contributed by atoms with Crippen LogP contribution in [0.2, 0.25) is 10.0 Å². The molecule has 2 aromatic rings. The highest BCUT2D eigenvalue weighted by Crippen LogP contribution is 2.31. The number of hydrogen-bond acceptors (Lipinski definition) is 5. The molecule has 0 aliphatic rings. The van der Waals surface area contributed by atoms with Gasteiger partial charge in [0, 0.05) is 17.7 Å². The van der Waals surface area contributed by atoms with Gasteiger partial charge in [-0.2, -0.15) is 5.10 Å². The minimum atomic E-state index is -0.575. The number of benzene rings is 2. The van der Waals surface area contributed by atoms with Crippen molar-refractivity contribution in [2.75, 3.05) is 0 Å². The number of halogens is 2. The third-order valence-corrected chi connectivity index (χ3v) is 3.45. The third-order valence-electron chi connectivity index (χ3n) is 2.81. The second-order valence-corrected chi connectivity index (χ2v) is 5.11. The molecule has 0 unspecified atom stereocenters. The summed E-state index contributed by atoms with van der Waals surface area (Å²) in [6.45, 7) is 0. The number of nitrogens with one attached hydrogen (secondary N) is 1. The van der Waals surface area contributed by atoms with Gasteiger partial charge in [0.1, 0.15) is 5.75 Å². The van der Waals surface area contributed by atoms with Crippen LogP contribution in [0, 0.1) is 10.1 Å². The van der Waals surface area contributed by atoms with E-state index in [9.17, 15) is 20.0 Å². The monoisotopic (exact) mass is 353 g/mol. The van der Waals surface area contributed by atoms with Crippen LogP contribution in [0.25, 0.3) is 0 Å². The fourth-order valence-electron chi connectivity index (χ4n) is 1.63. The van der Waals surface area contributed by atoms with Gasteiger partial charge >= 0.3 is 0 Å². The first kappa shape index (κ1) is 16.7. The van der Waals surface area contributed by atoms with Gasteiger partial charge in [0.15, 0.2) is 0 Å². The zero-order valence-corrected chi connectivity index (χ0v) is 12.9. The topological polar surface area (TPSA) is 105 Å². The lowest BCUT2D eigenvalue weighted by molar-refractivity contribution is -0.384. The predicted octanol–water partition coefficient (Wildman–Crippen LogP) is 3.37. The summed E-state index contributed by atoms with van der Waals surface area (Å²) in [5.74, 6) is -0.832. The zero-order chi connectivity index (χ0) is 17.0. The molecule has 0 atom stereocenters. The Balaban J connectivity index is 2.10. The Morgan fingerprint density at radius 3 is 2.39 bits per heavy atom. The van der Waals surface area contributed by atoms with Gasteiger partial charge in [-0.25, -0.2) is 5.43 Å². The lowest BCUT2D eigenvalue weighted by Gasteiger charge is -2.04. The third kappa shape index (κ3) is 3.97. The highest BCUT2D eigenvalue weighted by molar-refractivity contribution is 6.36. The predicted molar refractivity (Wildman–Crippen MR) is 86.3 cm³/mol.